The van der Waals surface area contributed by atoms with Gasteiger partial charge in [0.05, 0.1) is 17.7 Å². The van der Waals surface area contributed by atoms with Crippen molar-refractivity contribution < 1.29 is 4.79 Å². The summed E-state index contributed by atoms with van der Waals surface area (Å²) >= 11 is 1.47. The number of amides is 1. The molecule has 3 N–H and O–H groups in total. The number of anilines is 3. The Morgan fingerprint density at radius 2 is 2.07 bits per heavy atom. The summed E-state index contributed by atoms with van der Waals surface area (Å²) in [6.07, 6.45) is 2.36. The third kappa shape index (κ3) is 3.42. The van der Waals surface area contributed by atoms with Gasteiger partial charge in [-0.3, -0.25) is 4.79 Å². The van der Waals surface area contributed by atoms with E-state index >= 15 is 0 Å². The first-order valence-electron chi connectivity index (χ1n) is 8.94. The molecule has 0 spiro atoms. The number of nitrogens with zero attached hydrogens (tertiary/aromatic N) is 3. The number of fused-ring (bicyclic) bond motifs is 1. The maximum absolute atomic E-state index is 12.4. The second-order valence-corrected chi connectivity index (χ2v) is 7.89. The van der Waals surface area contributed by atoms with Crippen LogP contribution in [0.1, 0.15) is 31.9 Å². The second kappa shape index (κ2) is 7.33. The van der Waals surface area contributed by atoms with Crippen LogP contribution in [-0.2, 0) is 13.0 Å². The molecule has 28 heavy (non-hydrogen) atoms. The lowest BCUT2D eigenvalue weighted by molar-refractivity contribution is 0.102. The van der Waals surface area contributed by atoms with Crippen LogP contribution in [0.5, 0.6) is 0 Å². The average Bonchev–Trinajstić information content (AvgIpc) is 3.03. The number of nitrogens with two attached hydrogens (primary N) is 1. The summed E-state index contributed by atoms with van der Waals surface area (Å²) in [5.74, 6) is 0.622. The number of rotatable bonds is 3. The minimum absolute atomic E-state index is 0.187. The maximum Gasteiger partial charge on any atom is 0.257 e. The molecular formula is C21H19N5OS. The number of nitriles is 1. The van der Waals surface area contributed by atoms with Crippen molar-refractivity contribution in [3.63, 3.8) is 0 Å². The summed E-state index contributed by atoms with van der Waals surface area (Å²) in [7, 11) is 0. The van der Waals surface area contributed by atoms with E-state index in [0.717, 1.165) is 40.5 Å². The molecule has 0 saturated heterocycles. The van der Waals surface area contributed by atoms with Crippen LogP contribution in [0.2, 0.25) is 0 Å². The van der Waals surface area contributed by atoms with Crippen molar-refractivity contribution in [2.45, 2.75) is 19.9 Å². The number of pyridine rings is 1. The summed E-state index contributed by atoms with van der Waals surface area (Å²) in [4.78, 5) is 20.1. The Bertz CT molecular complexity index is 1060. The topological polar surface area (TPSA) is 95.0 Å². The monoisotopic (exact) mass is 389 g/mol. The number of aromatic nitrogens is 1. The van der Waals surface area contributed by atoms with E-state index in [1.54, 1.807) is 12.3 Å². The Morgan fingerprint density at radius 1 is 1.29 bits per heavy atom. The SMILES string of the molecule is Cc1ccc(NC(=O)c2ccc(N3CCc4c(sc(N)c4C#N)C3)nc2)cc1. The van der Waals surface area contributed by atoms with Gasteiger partial charge in [-0.2, -0.15) is 5.26 Å². The van der Waals surface area contributed by atoms with E-state index in [2.05, 4.69) is 21.3 Å². The number of thiophene rings is 1. The molecule has 0 aliphatic carbocycles. The van der Waals surface area contributed by atoms with E-state index in [0.29, 0.717) is 22.7 Å². The lowest BCUT2D eigenvalue weighted by Gasteiger charge is -2.28. The van der Waals surface area contributed by atoms with E-state index in [-0.39, 0.29) is 5.91 Å². The highest BCUT2D eigenvalue weighted by Crippen LogP contribution is 2.35. The van der Waals surface area contributed by atoms with E-state index in [9.17, 15) is 10.1 Å². The first-order valence-corrected chi connectivity index (χ1v) is 9.76. The van der Waals surface area contributed by atoms with Crippen molar-refractivity contribution in [2.24, 2.45) is 0 Å². The van der Waals surface area contributed by atoms with Crippen LogP contribution in [0.3, 0.4) is 0 Å². The molecule has 0 unspecified atom stereocenters. The normalized spacial score (nSPS) is 12.9. The highest BCUT2D eigenvalue weighted by atomic mass is 32.1. The fraction of sp³-hybridized carbons (Fsp3) is 0.190. The molecule has 7 heteroatoms. The number of nitrogens with one attached hydrogen (secondary N) is 1. The minimum atomic E-state index is -0.187. The van der Waals surface area contributed by atoms with Crippen molar-refractivity contribution in [3.05, 3.63) is 69.7 Å². The lowest BCUT2D eigenvalue weighted by atomic mass is 10.0. The van der Waals surface area contributed by atoms with Gasteiger partial charge in [-0.25, -0.2) is 4.98 Å². The lowest BCUT2D eigenvalue weighted by Crippen LogP contribution is -2.30. The number of aryl methyl sites for hydroxylation is 1. The zero-order chi connectivity index (χ0) is 19.7. The Morgan fingerprint density at radius 3 is 2.75 bits per heavy atom. The molecule has 3 heterocycles. The molecule has 3 aromatic rings. The van der Waals surface area contributed by atoms with Gasteiger partial charge in [0.1, 0.15) is 16.9 Å². The molecule has 0 fully saturated rings. The van der Waals surface area contributed by atoms with Gasteiger partial charge in [0.15, 0.2) is 0 Å². The third-order valence-electron chi connectivity index (χ3n) is 4.84. The van der Waals surface area contributed by atoms with Gasteiger partial charge < -0.3 is 16.0 Å². The second-order valence-electron chi connectivity index (χ2n) is 6.75. The van der Waals surface area contributed by atoms with E-state index in [1.165, 1.54) is 11.3 Å². The summed E-state index contributed by atoms with van der Waals surface area (Å²) in [6, 6.07) is 13.5. The molecule has 0 bridgehead atoms. The predicted molar refractivity (Wildman–Crippen MR) is 112 cm³/mol. The molecule has 140 valence electrons. The number of hydrogen-bond acceptors (Lipinski definition) is 6. The largest absolute Gasteiger partial charge is 0.389 e. The number of carbonyl (C=O) groups is 1. The van der Waals surface area contributed by atoms with Gasteiger partial charge in [0.25, 0.3) is 5.91 Å². The number of carbonyl (C=O) groups excluding carboxylic acids is 1. The van der Waals surface area contributed by atoms with Crippen LogP contribution >= 0.6 is 11.3 Å². The molecule has 4 rings (SSSR count). The molecular weight excluding hydrogens is 370 g/mol. The van der Waals surface area contributed by atoms with Crippen molar-refractivity contribution >= 4 is 33.8 Å². The van der Waals surface area contributed by atoms with Gasteiger partial charge in [0.2, 0.25) is 0 Å². The van der Waals surface area contributed by atoms with Crippen molar-refractivity contribution in [1.82, 2.24) is 4.98 Å². The van der Waals surface area contributed by atoms with Crippen molar-refractivity contribution in [1.29, 1.82) is 5.26 Å². The molecule has 1 aromatic carbocycles. The summed E-state index contributed by atoms with van der Waals surface area (Å²) < 4.78 is 0. The maximum atomic E-state index is 12.4. The van der Waals surface area contributed by atoms with Crippen molar-refractivity contribution in [2.75, 3.05) is 22.5 Å². The molecule has 0 saturated carbocycles. The van der Waals surface area contributed by atoms with Crippen LogP contribution in [0.4, 0.5) is 16.5 Å². The predicted octanol–water partition coefficient (Wildman–Crippen LogP) is 3.72. The Kier molecular flexibility index (Phi) is 4.72. The molecule has 0 atom stereocenters. The van der Waals surface area contributed by atoms with E-state index in [1.807, 2.05) is 37.3 Å². The number of hydrogen-bond donors (Lipinski definition) is 2. The zero-order valence-electron chi connectivity index (χ0n) is 15.4. The van der Waals surface area contributed by atoms with Crippen LogP contribution in [-0.4, -0.2) is 17.4 Å². The van der Waals surface area contributed by atoms with E-state index in [4.69, 9.17) is 5.73 Å². The quantitative estimate of drug-likeness (QED) is 0.712. The molecule has 0 radical (unpaired) electrons. The first kappa shape index (κ1) is 18.0. The Hall–Kier alpha value is -3.37. The Labute approximate surface area is 167 Å². The molecule has 6 nitrogen and oxygen atoms in total. The van der Waals surface area contributed by atoms with Crippen LogP contribution < -0.4 is 16.0 Å². The average molecular weight is 389 g/mol. The standard InChI is InChI=1S/C21H19N5OS/c1-13-2-5-15(6-3-13)25-21(27)14-4-7-19(24-11-14)26-9-8-16-17(10-22)20(23)28-18(16)12-26/h2-7,11H,8-9,12,23H2,1H3,(H,25,27). The number of benzene rings is 1. The minimum Gasteiger partial charge on any atom is -0.389 e. The Balaban J connectivity index is 1.46. The van der Waals surface area contributed by atoms with Gasteiger partial charge >= 0.3 is 0 Å². The van der Waals surface area contributed by atoms with Gasteiger partial charge in [-0.15, -0.1) is 11.3 Å². The third-order valence-corrected chi connectivity index (χ3v) is 5.89. The van der Waals surface area contributed by atoms with Gasteiger partial charge in [-0.05, 0) is 43.2 Å². The zero-order valence-corrected chi connectivity index (χ0v) is 16.2. The van der Waals surface area contributed by atoms with Gasteiger partial charge in [-0.1, -0.05) is 17.7 Å². The molecule has 1 aliphatic heterocycles. The fourth-order valence-electron chi connectivity index (χ4n) is 3.29. The molecule has 2 aromatic heterocycles. The smallest absolute Gasteiger partial charge is 0.257 e. The summed E-state index contributed by atoms with van der Waals surface area (Å²) in [5.41, 5.74) is 10.1. The summed E-state index contributed by atoms with van der Waals surface area (Å²) in [6.45, 7) is 3.44. The first-order chi connectivity index (χ1) is 13.5. The van der Waals surface area contributed by atoms with Crippen LogP contribution in [0.15, 0.2) is 42.6 Å². The van der Waals surface area contributed by atoms with E-state index < -0.39 is 0 Å². The van der Waals surface area contributed by atoms with Crippen LogP contribution in [0.25, 0.3) is 0 Å². The number of nitrogen functional groups attached to an aromatic ring is 1. The highest BCUT2D eigenvalue weighted by molar-refractivity contribution is 7.16. The van der Waals surface area contributed by atoms with Crippen LogP contribution in [0, 0.1) is 18.3 Å². The fourth-order valence-corrected chi connectivity index (χ4v) is 4.37. The van der Waals surface area contributed by atoms with Crippen molar-refractivity contribution in [3.8, 4) is 6.07 Å². The molecule has 1 aliphatic rings. The summed E-state index contributed by atoms with van der Waals surface area (Å²) in [5, 5.41) is 12.7. The van der Waals surface area contributed by atoms with Gasteiger partial charge in [0, 0.05) is 23.3 Å². The molecule has 1 amide bonds. The highest BCUT2D eigenvalue weighted by Gasteiger charge is 2.24.